The number of rotatable bonds is 8. The predicted octanol–water partition coefficient (Wildman–Crippen LogP) is 2.58. The smallest absolute Gasteiger partial charge is 0.305 e. The van der Waals surface area contributed by atoms with E-state index in [0.717, 1.165) is 40.6 Å². The molecule has 14 heteroatoms. The highest BCUT2D eigenvalue weighted by molar-refractivity contribution is 7.89. The number of nitrogens with zero attached hydrogens (tertiary/aromatic N) is 3. The fourth-order valence-electron chi connectivity index (χ4n) is 5.46. The zero-order valence-electron chi connectivity index (χ0n) is 21.5. The number of halogens is 2. The van der Waals surface area contributed by atoms with Crippen LogP contribution in [0.5, 0.6) is 0 Å². The number of nitrogens with one attached hydrogen (secondary N) is 1. The van der Waals surface area contributed by atoms with Crippen molar-refractivity contribution in [2.24, 2.45) is 5.92 Å². The number of sulfonamides is 1. The molecule has 1 aliphatic carbocycles. The van der Waals surface area contributed by atoms with E-state index in [1.807, 2.05) is 0 Å². The van der Waals surface area contributed by atoms with E-state index in [-0.39, 0.29) is 41.8 Å². The molecule has 2 N–H and O–H groups in total. The number of aliphatic carboxylic acids is 1. The molecule has 2 aliphatic rings. The zero-order valence-corrected chi connectivity index (χ0v) is 22.3. The topological polar surface area (TPSA) is 150 Å². The molecular formula is C25H30F2N4O7S. The molecule has 39 heavy (non-hydrogen) atoms. The molecule has 212 valence electrons. The number of hydrogen-bond acceptors (Lipinski definition) is 7. The van der Waals surface area contributed by atoms with Crippen molar-refractivity contribution in [3.63, 3.8) is 0 Å². The third-order valence-corrected chi connectivity index (χ3v) is 9.31. The zero-order chi connectivity index (χ0) is 28.5. The van der Waals surface area contributed by atoms with Crippen molar-refractivity contribution in [2.45, 2.75) is 69.5 Å². The summed E-state index contributed by atoms with van der Waals surface area (Å²) >= 11 is 0. The van der Waals surface area contributed by atoms with Gasteiger partial charge in [-0.25, -0.2) is 17.2 Å². The Balaban J connectivity index is 1.73. The summed E-state index contributed by atoms with van der Waals surface area (Å²) in [6, 6.07) is 1.37. The van der Waals surface area contributed by atoms with Gasteiger partial charge in [-0.15, -0.1) is 0 Å². The first-order valence-electron chi connectivity index (χ1n) is 12.6. The van der Waals surface area contributed by atoms with Gasteiger partial charge in [0.05, 0.1) is 6.42 Å². The second kappa shape index (κ2) is 11.4. The van der Waals surface area contributed by atoms with Crippen molar-refractivity contribution in [2.75, 3.05) is 13.1 Å². The molecule has 1 saturated carbocycles. The standard InChI is InChI=1S/C25H30F2N4O7S/c1-14-22(15(2)38-29-14)39(36,37)31-9-8-30(25(35)17-10-18(26)12-19(27)11-17)24(31)23(34)28-20(13-21(32)33)16-6-4-3-5-7-16/h10-12,16,20,24H,3-9,13H2,1-2H3,(H,28,34)(H,32,33). The van der Waals surface area contributed by atoms with Crippen molar-refractivity contribution in [3.8, 4) is 0 Å². The average molecular weight is 569 g/mol. The number of aromatic nitrogens is 1. The molecular weight excluding hydrogens is 538 g/mol. The largest absolute Gasteiger partial charge is 0.481 e. The van der Waals surface area contributed by atoms with E-state index < -0.39 is 57.2 Å². The number of carboxylic acid groups (broad SMARTS) is 1. The SMILES string of the molecule is Cc1noc(C)c1S(=O)(=O)N1CCN(C(=O)c2cc(F)cc(F)c2)C1C(=O)NC(CC(=O)O)C1CCCCC1. The number of carbonyl (C=O) groups is 3. The maximum absolute atomic E-state index is 13.9. The number of carboxylic acids is 1. The highest BCUT2D eigenvalue weighted by atomic mass is 32.2. The lowest BCUT2D eigenvalue weighted by Crippen LogP contribution is -2.56. The molecule has 2 aromatic rings. The van der Waals surface area contributed by atoms with Crippen LogP contribution in [0.2, 0.25) is 0 Å². The van der Waals surface area contributed by atoms with Gasteiger partial charge in [-0.2, -0.15) is 4.31 Å². The van der Waals surface area contributed by atoms with Crippen LogP contribution in [0.15, 0.2) is 27.6 Å². The van der Waals surface area contributed by atoms with Gasteiger partial charge in [0.25, 0.3) is 21.8 Å². The van der Waals surface area contributed by atoms with E-state index >= 15 is 0 Å². The lowest BCUT2D eigenvalue weighted by Gasteiger charge is -2.34. The van der Waals surface area contributed by atoms with Gasteiger partial charge in [-0.1, -0.05) is 24.4 Å². The summed E-state index contributed by atoms with van der Waals surface area (Å²) in [5, 5.41) is 15.9. The van der Waals surface area contributed by atoms with Crippen molar-refractivity contribution in [1.82, 2.24) is 19.7 Å². The van der Waals surface area contributed by atoms with Crippen molar-refractivity contribution in [3.05, 3.63) is 46.9 Å². The Hall–Kier alpha value is -3.39. The minimum atomic E-state index is -4.44. The summed E-state index contributed by atoms with van der Waals surface area (Å²) in [6.45, 7) is 2.24. The summed E-state index contributed by atoms with van der Waals surface area (Å²) in [5.41, 5.74) is -0.356. The summed E-state index contributed by atoms with van der Waals surface area (Å²) in [4.78, 5) is 39.4. The van der Waals surface area contributed by atoms with Crippen LogP contribution in [0.25, 0.3) is 0 Å². The molecule has 0 bridgehead atoms. The maximum Gasteiger partial charge on any atom is 0.305 e. The Labute approximate surface area is 224 Å². The Morgan fingerprint density at radius 3 is 2.31 bits per heavy atom. The van der Waals surface area contributed by atoms with Crippen molar-refractivity contribution >= 4 is 27.8 Å². The van der Waals surface area contributed by atoms with E-state index in [2.05, 4.69) is 10.5 Å². The average Bonchev–Trinajstić information content (AvgIpc) is 3.47. The van der Waals surface area contributed by atoms with Gasteiger partial charge >= 0.3 is 5.97 Å². The van der Waals surface area contributed by atoms with Gasteiger partial charge in [0.1, 0.15) is 22.2 Å². The molecule has 2 heterocycles. The molecule has 1 aromatic heterocycles. The Kier molecular flexibility index (Phi) is 8.35. The van der Waals surface area contributed by atoms with Crippen LogP contribution in [0.3, 0.4) is 0 Å². The normalized spacial score (nSPS) is 19.7. The van der Waals surface area contributed by atoms with Crippen LogP contribution in [0, 0.1) is 31.4 Å². The molecule has 11 nitrogen and oxygen atoms in total. The number of carbonyl (C=O) groups excluding carboxylic acids is 2. The van der Waals surface area contributed by atoms with Crippen LogP contribution in [0.1, 0.15) is 60.3 Å². The molecule has 2 fully saturated rings. The molecule has 2 amide bonds. The van der Waals surface area contributed by atoms with Crippen LogP contribution < -0.4 is 5.32 Å². The Morgan fingerprint density at radius 1 is 1.10 bits per heavy atom. The molecule has 2 atom stereocenters. The maximum atomic E-state index is 13.9. The van der Waals surface area contributed by atoms with E-state index in [9.17, 15) is 36.7 Å². The van der Waals surface area contributed by atoms with Gasteiger partial charge in [0.2, 0.25) is 0 Å². The molecule has 2 unspecified atom stereocenters. The monoisotopic (exact) mass is 568 g/mol. The first-order chi connectivity index (χ1) is 18.4. The first-order valence-corrected chi connectivity index (χ1v) is 14.1. The minimum Gasteiger partial charge on any atom is -0.481 e. The second-order valence-corrected chi connectivity index (χ2v) is 11.7. The Morgan fingerprint density at radius 2 is 1.74 bits per heavy atom. The van der Waals surface area contributed by atoms with Gasteiger partial charge in [-0.3, -0.25) is 14.4 Å². The Bertz CT molecular complexity index is 1330. The molecule has 1 aliphatic heterocycles. The molecule has 1 saturated heterocycles. The molecule has 1 aromatic carbocycles. The third-order valence-electron chi connectivity index (χ3n) is 7.21. The second-order valence-electron chi connectivity index (χ2n) is 9.91. The van der Waals surface area contributed by atoms with Crippen LogP contribution in [-0.2, 0) is 19.6 Å². The fourth-order valence-corrected chi connectivity index (χ4v) is 7.30. The number of aryl methyl sites for hydroxylation is 2. The number of amides is 2. The van der Waals surface area contributed by atoms with Crippen molar-refractivity contribution < 1.29 is 41.2 Å². The molecule has 0 radical (unpaired) electrons. The summed E-state index contributed by atoms with van der Waals surface area (Å²) in [6.07, 6.45) is 1.96. The fraction of sp³-hybridized carbons (Fsp3) is 0.520. The van der Waals surface area contributed by atoms with Gasteiger partial charge in [0, 0.05) is 30.8 Å². The summed E-state index contributed by atoms with van der Waals surface area (Å²) < 4.78 is 61.1. The van der Waals surface area contributed by atoms with Crippen LogP contribution in [-0.4, -0.2) is 71.0 Å². The van der Waals surface area contributed by atoms with Gasteiger partial charge < -0.3 is 19.8 Å². The molecule has 0 spiro atoms. The third kappa shape index (κ3) is 5.96. The van der Waals surface area contributed by atoms with E-state index in [0.29, 0.717) is 18.9 Å². The first kappa shape index (κ1) is 28.6. The lowest BCUT2D eigenvalue weighted by atomic mass is 9.82. The lowest BCUT2D eigenvalue weighted by molar-refractivity contribution is -0.138. The van der Waals surface area contributed by atoms with Gasteiger partial charge in [-0.05, 0) is 44.7 Å². The number of benzene rings is 1. The van der Waals surface area contributed by atoms with Crippen molar-refractivity contribution in [1.29, 1.82) is 0 Å². The van der Waals surface area contributed by atoms with E-state index in [4.69, 9.17) is 4.52 Å². The number of hydrogen-bond donors (Lipinski definition) is 2. The predicted molar refractivity (Wildman–Crippen MR) is 132 cm³/mol. The highest BCUT2D eigenvalue weighted by Gasteiger charge is 2.49. The van der Waals surface area contributed by atoms with Gasteiger partial charge in [0.15, 0.2) is 11.9 Å². The van der Waals surface area contributed by atoms with Crippen LogP contribution >= 0.6 is 0 Å². The highest BCUT2D eigenvalue weighted by Crippen LogP contribution is 2.31. The quantitative estimate of drug-likeness (QED) is 0.493. The van der Waals surface area contributed by atoms with E-state index in [1.54, 1.807) is 0 Å². The summed E-state index contributed by atoms with van der Waals surface area (Å²) in [5.74, 6) is -5.21. The molecule has 4 rings (SSSR count). The summed E-state index contributed by atoms with van der Waals surface area (Å²) in [7, 11) is -4.44. The minimum absolute atomic E-state index is 0.0189. The van der Waals surface area contributed by atoms with E-state index in [1.165, 1.54) is 13.8 Å². The van der Waals surface area contributed by atoms with Crippen LogP contribution in [0.4, 0.5) is 8.78 Å².